The van der Waals surface area contributed by atoms with E-state index < -0.39 is 30.4 Å². The van der Waals surface area contributed by atoms with Crippen molar-refractivity contribution >= 4 is 5.91 Å². The number of carbonyl (C=O) groups is 1. The summed E-state index contributed by atoms with van der Waals surface area (Å²) in [4.78, 5) is 10.6. The van der Waals surface area contributed by atoms with Crippen LogP contribution in [0, 0.1) is 0 Å². The number of aliphatic hydroxyl groups is 3. The van der Waals surface area contributed by atoms with E-state index in [-0.39, 0.29) is 6.61 Å². The summed E-state index contributed by atoms with van der Waals surface area (Å²) >= 11 is 0. The van der Waals surface area contributed by atoms with Crippen LogP contribution in [-0.4, -0.2) is 52.4 Å². The minimum Gasteiger partial charge on any atom is -0.388 e. The van der Waals surface area contributed by atoms with Crippen LogP contribution in [0.5, 0.6) is 0 Å². The zero-order valence-electron chi connectivity index (χ0n) is 7.17. The molecule has 13 heavy (non-hydrogen) atoms. The minimum atomic E-state index is -1.28. The summed E-state index contributed by atoms with van der Waals surface area (Å²) in [5.41, 5.74) is 0. The Labute approximate surface area is 75.1 Å². The van der Waals surface area contributed by atoms with Crippen molar-refractivity contribution in [1.29, 1.82) is 0 Å². The van der Waals surface area contributed by atoms with Crippen molar-refractivity contribution in [1.82, 2.24) is 5.32 Å². The predicted octanol–water partition coefficient (Wildman–Crippen LogP) is -2.44. The topological polar surface area (TPSA) is 99.0 Å². The van der Waals surface area contributed by atoms with E-state index in [1.807, 2.05) is 0 Å². The van der Waals surface area contributed by atoms with Gasteiger partial charge in [-0.25, -0.2) is 0 Å². The lowest BCUT2D eigenvalue weighted by Crippen LogP contribution is -2.60. The maximum Gasteiger partial charge on any atom is 0.217 e. The maximum atomic E-state index is 10.6. The Hall–Kier alpha value is -0.690. The highest BCUT2D eigenvalue weighted by molar-refractivity contribution is 5.73. The summed E-state index contributed by atoms with van der Waals surface area (Å²) in [6.07, 6.45) is -3.56. The van der Waals surface area contributed by atoms with Crippen molar-refractivity contribution in [2.45, 2.75) is 31.5 Å². The van der Waals surface area contributed by atoms with Gasteiger partial charge in [0.15, 0.2) is 6.29 Å². The smallest absolute Gasteiger partial charge is 0.217 e. The average Bonchev–Trinajstić information content (AvgIpc) is 2.05. The van der Waals surface area contributed by atoms with Gasteiger partial charge >= 0.3 is 0 Å². The van der Waals surface area contributed by atoms with Crippen molar-refractivity contribution in [3.05, 3.63) is 0 Å². The third kappa shape index (κ3) is 2.38. The summed E-state index contributed by atoms with van der Waals surface area (Å²) in [6, 6.07) is -0.971. The number of hydrogen-bond donors (Lipinski definition) is 4. The SMILES string of the molecule is CC(=O)N[C@H]1C(O)OC[C@H](O)[C@@H]1O. The number of nitrogens with one attached hydrogen (secondary N) is 1. The van der Waals surface area contributed by atoms with Crippen molar-refractivity contribution in [2.75, 3.05) is 6.61 Å². The number of aliphatic hydroxyl groups excluding tert-OH is 3. The Bertz CT molecular complexity index is 197. The van der Waals surface area contributed by atoms with Gasteiger partial charge in [0.1, 0.15) is 18.2 Å². The second-order valence-corrected chi connectivity index (χ2v) is 3.01. The van der Waals surface area contributed by atoms with Crippen LogP contribution < -0.4 is 5.32 Å². The molecule has 0 aromatic rings. The van der Waals surface area contributed by atoms with Gasteiger partial charge in [0.2, 0.25) is 5.91 Å². The van der Waals surface area contributed by atoms with Crippen LogP contribution in [0.3, 0.4) is 0 Å². The van der Waals surface area contributed by atoms with E-state index in [0.717, 1.165) is 0 Å². The molecule has 1 rings (SSSR count). The number of carbonyl (C=O) groups excluding carboxylic acids is 1. The first-order valence-electron chi connectivity index (χ1n) is 3.95. The van der Waals surface area contributed by atoms with Gasteiger partial charge < -0.3 is 25.4 Å². The number of amides is 1. The Morgan fingerprint density at radius 2 is 2.08 bits per heavy atom. The fraction of sp³-hybridized carbons (Fsp3) is 0.857. The van der Waals surface area contributed by atoms with E-state index in [1.165, 1.54) is 6.92 Å². The fourth-order valence-electron chi connectivity index (χ4n) is 1.20. The van der Waals surface area contributed by atoms with Gasteiger partial charge in [-0.15, -0.1) is 0 Å². The molecule has 0 spiro atoms. The van der Waals surface area contributed by atoms with Gasteiger partial charge in [-0.1, -0.05) is 0 Å². The highest BCUT2D eigenvalue weighted by atomic mass is 16.6. The monoisotopic (exact) mass is 191 g/mol. The summed E-state index contributed by atoms with van der Waals surface area (Å²) in [7, 11) is 0. The van der Waals surface area contributed by atoms with E-state index >= 15 is 0 Å². The lowest BCUT2D eigenvalue weighted by Gasteiger charge is -2.35. The first-order valence-corrected chi connectivity index (χ1v) is 3.95. The zero-order chi connectivity index (χ0) is 10.0. The molecule has 4 atom stereocenters. The average molecular weight is 191 g/mol. The number of rotatable bonds is 1. The van der Waals surface area contributed by atoms with E-state index in [4.69, 9.17) is 9.84 Å². The second kappa shape index (κ2) is 4.01. The van der Waals surface area contributed by atoms with Gasteiger partial charge in [0.05, 0.1) is 6.61 Å². The van der Waals surface area contributed by atoms with Crippen LogP contribution in [-0.2, 0) is 9.53 Å². The summed E-state index contributed by atoms with van der Waals surface area (Å²) in [5, 5.41) is 30.0. The molecule has 0 aromatic heterocycles. The lowest BCUT2D eigenvalue weighted by molar-refractivity contribution is -0.212. The summed E-state index contributed by atoms with van der Waals surface area (Å²) in [5.74, 6) is -0.402. The first kappa shape index (κ1) is 10.4. The van der Waals surface area contributed by atoms with Gasteiger partial charge in [0.25, 0.3) is 0 Å². The molecule has 0 bridgehead atoms. The molecular weight excluding hydrogens is 178 g/mol. The van der Waals surface area contributed by atoms with Crippen LogP contribution in [0.25, 0.3) is 0 Å². The van der Waals surface area contributed by atoms with Crippen LogP contribution in [0.2, 0.25) is 0 Å². The quantitative estimate of drug-likeness (QED) is 0.369. The highest BCUT2D eigenvalue weighted by Crippen LogP contribution is 2.13. The molecule has 6 heteroatoms. The maximum absolute atomic E-state index is 10.6. The molecular formula is C7H13NO5. The third-order valence-electron chi connectivity index (χ3n) is 1.88. The van der Waals surface area contributed by atoms with Crippen molar-refractivity contribution in [3.8, 4) is 0 Å². The number of ether oxygens (including phenoxy) is 1. The molecule has 0 aromatic carbocycles. The van der Waals surface area contributed by atoms with Gasteiger partial charge in [-0.2, -0.15) is 0 Å². The predicted molar refractivity (Wildman–Crippen MR) is 41.6 cm³/mol. The Morgan fingerprint density at radius 1 is 1.46 bits per heavy atom. The largest absolute Gasteiger partial charge is 0.388 e. The van der Waals surface area contributed by atoms with Gasteiger partial charge in [-0.3, -0.25) is 4.79 Å². The van der Waals surface area contributed by atoms with Crippen LogP contribution in [0.4, 0.5) is 0 Å². The Morgan fingerprint density at radius 3 is 2.62 bits per heavy atom. The van der Waals surface area contributed by atoms with Crippen LogP contribution in [0.1, 0.15) is 6.92 Å². The normalized spacial score (nSPS) is 40.0. The van der Waals surface area contributed by atoms with E-state index in [9.17, 15) is 15.0 Å². The van der Waals surface area contributed by atoms with Crippen LogP contribution in [0.15, 0.2) is 0 Å². The van der Waals surface area contributed by atoms with E-state index in [0.29, 0.717) is 0 Å². The molecule has 1 heterocycles. The molecule has 0 aliphatic carbocycles. The van der Waals surface area contributed by atoms with Crippen molar-refractivity contribution in [2.24, 2.45) is 0 Å². The fourth-order valence-corrected chi connectivity index (χ4v) is 1.20. The molecule has 6 nitrogen and oxygen atoms in total. The lowest BCUT2D eigenvalue weighted by atomic mass is 10.0. The molecule has 1 amide bonds. The highest BCUT2D eigenvalue weighted by Gasteiger charge is 2.38. The molecule has 1 aliphatic heterocycles. The molecule has 1 fully saturated rings. The molecule has 0 saturated carbocycles. The van der Waals surface area contributed by atoms with Crippen molar-refractivity contribution in [3.63, 3.8) is 0 Å². The second-order valence-electron chi connectivity index (χ2n) is 3.01. The standard InChI is InChI=1S/C7H13NO5/c1-3(9)8-5-6(11)4(10)2-13-7(5)12/h4-7,10-12H,2H2,1H3,(H,8,9)/t4-,5+,6-,7?/m0/s1. The van der Waals surface area contributed by atoms with Gasteiger partial charge in [-0.05, 0) is 0 Å². The first-order chi connectivity index (χ1) is 6.02. The van der Waals surface area contributed by atoms with Gasteiger partial charge in [0, 0.05) is 6.92 Å². The number of hydrogen-bond acceptors (Lipinski definition) is 5. The minimum absolute atomic E-state index is 0.140. The molecule has 1 unspecified atom stereocenters. The third-order valence-corrected chi connectivity index (χ3v) is 1.88. The molecule has 76 valence electrons. The summed E-state index contributed by atoms with van der Waals surface area (Å²) < 4.78 is 4.70. The molecule has 1 aliphatic rings. The van der Waals surface area contributed by atoms with Crippen molar-refractivity contribution < 1.29 is 24.9 Å². The Kier molecular flexibility index (Phi) is 3.21. The Balaban J connectivity index is 2.60. The molecule has 4 N–H and O–H groups in total. The van der Waals surface area contributed by atoms with E-state index in [1.54, 1.807) is 0 Å². The van der Waals surface area contributed by atoms with Crippen LogP contribution >= 0.6 is 0 Å². The molecule has 0 radical (unpaired) electrons. The summed E-state index contributed by atoms with van der Waals surface area (Å²) in [6.45, 7) is 1.11. The van der Waals surface area contributed by atoms with E-state index in [2.05, 4.69) is 5.32 Å². The zero-order valence-corrected chi connectivity index (χ0v) is 7.17. The molecule has 1 saturated heterocycles.